The number of aromatic carboxylic acids is 1. The number of carbonyl (C=O) groups is 1. The molecule has 3 N–H and O–H groups in total. The van der Waals surface area contributed by atoms with Gasteiger partial charge < -0.3 is 10.8 Å². The van der Waals surface area contributed by atoms with Crippen molar-refractivity contribution in [1.29, 1.82) is 0 Å². The van der Waals surface area contributed by atoms with Crippen molar-refractivity contribution in [3.05, 3.63) is 53.8 Å². The van der Waals surface area contributed by atoms with Gasteiger partial charge in [-0.25, -0.2) is 9.18 Å². The Morgan fingerprint density at radius 3 is 2.35 bits per heavy atom. The number of nitrogen functional groups attached to an aromatic ring is 1. The first-order valence-corrected chi connectivity index (χ1v) is 4.96. The summed E-state index contributed by atoms with van der Waals surface area (Å²) >= 11 is 0. The summed E-state index contributed by atoms with van der Waals surface area (Å²) in [5.41, 5.74) is 7.20. The lowest BCUT2D eigenvalue weighted by molar-refractivity contribution is 0.0698. The van der Waals surface area contributed by atoms with Crippen LogP contribution in [0, 0.1) is 5.82 Å². The van der Waals surface area contributed by atoms with E-state index in [-0.39, 0.29) is 11.4 Å². The minimum Gasteiger partial charge on any atom is -0.478 e. The van der Waals surface area contributed by atoms with Crippen LogP contribution >= 0.6 is 0 Å². The lowest BCUT2D eigenvalue weighted by atomic mass is 9.99. The number of rotatable bonds is 2. The molecule has 0 saturated carbocycles. The standard InChI is InChI=1S/C13H10FNO2/c14-9-3-1-8(2-4-9)11-6-5-10(15)7-12(11)13(16)17/h1-7H,15H2,(H,16,17). The maximum Gasteiger partial charge on any atom is 0.336 e. The topological polar surface area (TPSA) is 63.3 Å². The Morgan fingerprint density at radius 1 is 1.12 bits per heavy atom. The van der Waals surface area contributed by atoms with Crippen molar-refractivity contribution in [2.45, 2.75) is 0 Å². The minimum absolute atomic E-state index is 0.108. The molecular weight excluding hydrogens is 221 g/mol. The van der Waals surface area contributed by atoms with Gasteiger partial charge in [-0.05, 0) is 35.4 Å². The molecule has 2 rings (SSSR count). The van der Waals surface area contributed by atoms with Gasteiger partial charge in [0.1, 0.15) is 5.82 Å². The fourth-order valence-corrected chi connectivity index (χ4v) is 1.62. The van der Waals surface area contributed by atoms with Crippen LogP contribution in [0.5, 0.6) is 0 Å². The summed E-state index contributed by atoms with van der Waals surface area (Å²) in [6.07, 6.45) is 0. The molecule has 0 atom stereocenters. The van der Waals surface area contributed by atoms with Gasteiger partial charge in [0.15, 0.2) is 0 Å². The van der Waals surface area contributed by atoms with Crippen LogP contribution in [0.2, 0.25) is 0 Å². The maximum absolute atomic E-state index is 12.8. The molecule has 4 heteroatoms. The summed E-state index contributed by atoms with van der Waals surface area (Å²) in [5.74, 6) is -1.42. The molecule has 0 fully saturated rings. The fraction of sp³-hybridized carbons (Fsp3) is 0. The molecule has 86 valence electrons. The lowest BCUT2D eigenvalue weighted by Gasteiger charge is -2.07. The van der Waals surface area contributed by atoms with Crippen molar-refractivity contribution < 1.29 is 14.3 Å². The van der Waals surface area contributed by atoms with E-state index in [1.54, 1.807) is 12.1 Å². The van der Waals surface area contributed by atoms with Gasteiger partial charge in [-0.2, -0.15) is 0 Å². The lowest BCUT2D eigenvalue weighted by Crippen LogP contribution is -2.01. The van der Waals surface area contributed by atoms with Gasteiger partial charge >= 0.3 is 5.97 Å². The summed E-state index contributed by atoms with van der Waals surface area (Å²) in [5, 5.41) is 9.08. The molecule has 0 radical (unpaired) electrons. The maximum atomic E-state index is 12.8. The number of hydrogen-bond acceptors (Lipinski definition) is 2. The van der Waals surface area contributed by atoms with Gasteiger partial charge in [0.2, 0.25) is 0 Å². The number of halogens is 1. The van der Waals surface area contributed by atoms with E-state index in [0.717, 1.165) is 0 Å². The largest absolute Gasteiger partial charge is 0.478 e. The van der Waals surface area contributed by atoms with E-state index in [1.165, 1.54) is 30.3 Å². The zero-order chi connectivity index (χ0) is 12.4. The highest BCUT2D eigenvalue weighted by molar-refractivity contribution is 5.97. The monoisotopic (exact) mass is 231 g/mol. The van der Waals surface area contributed by atoms with Gasteiger partial charge in [0.25, 0.3) is 0 Å². The average molecular weight is 231 g/mol. The molecule has 0 aromatic heterocycles. The molecule has 0 aliphatic rings. The summed E-state index contributed by atoms with van der Waals surface area (Å²) in [7, 11) is 0. The zero-order valence-electron chi connectivity index (χ0n) is 8.85. The summed E-state index contributed by atoms with van der Waals surface area (Å²) in [6.45, 7) is 0. The van der Waals surface area contributed by atoms with Gasteiger partial charge in [-0.15, -0.1) is 0 Å². The van der Waals surface area contributed by atoms with E-state index in [1.807, 2.05) is 0 Å². The van der Waals surface area contributed by atoms with Gasteiger partial charge in [-0.1, -0.05) is 18.2 Å². The predicted molar refractivity (Wildman–Crippen MR) is 63.2 cm³/mol. The van der Waals surface area contributed by atoms with Crippen molar-refractivity contribution in [1.82, 2.24) is 0 Å². The van der Waals surface area contributed by atoms with Crippen molar-refractivity contribution in [3.8, 4) is 11.1 Å². The van der Waals surface area contributed by atoms with Crippen LogP contribution in [-0.4, -0.2) is 11.1 Å². The molecular formula is C13H10FNO2. The van der Waals surface area contributed by atoms with E-state index in [2.05, 4.69) is 0 Å². The number of anilines is 1. The minimum atomic E-state index is -1.06. The van der Waals surface area contributed by atoms with Crippen LogP contribution in [0.1, 0.15) is 10.4 Å². The first-order valence-electron chi connectivity index (χ1n) is 4.96. The van der Waals surface area contributed by atoms with Crippen LogP contribution in [-0.2, 0) is 0 Å². The van der Waals surface area contributed by atoms with E-state index < -0.39 is 5.97 Å². The second-order valence-electron chi connectivity index (χ2n) is 3.62. The predicted octanol–water partition coefficient (Wildman–Crippen LogP) is 2.77. The van der Waals surface area contributed by atoms with Crippen molar-refractivity contribution in [2.24, 2.45) is 0 Å². The Bertz CT molecular complexity index is 564. The first kappa shape index (κ1) is 11.1. The number of hydrogen-bond donors (Lipinski definition) is 2. The van der Waals surface area contributed by atoms with Crippen LogP contribution in [0.25, 0.3) is 11.1 Å². The normalized spacial score (nSPS) is 10.2. The SMILES string of the molecule is Nc1ccc(-c2ccc(F)cc2)c(C(=O)O)c1. The van der Waals surface area contributed by atoms with Crippen LogP contribution in [0.15, 0.2) is 42.5 Å². The molecule has 2 aromatic carbocycles. The first-order chi connectivity index (χ1) is 8.08. The Labute approximate surface area is 97.3 Å². The number of carboxylic acid groups (broad SMARTS) is 1. The summed E-state index contributed by atoms with van der Waals surface area (Å²) < 4.78 is 12.8. The molecule has 0 heterocycles. The third-order valence-corrected chi connectivity index (χ3v) is 2.43. The Balaban J connectivity index is 2.58. The van der Waals surface area contributed by atoms with E-state index in [9.17, 15) is 9.18 Å². The van der Waals surface area contributed by atoms with Gasteiger partial charge in [0, 0.05) is 5.69 Å². The number of benzene rings is 2. The fourth-order valence-electron chi connectivity index (χ4n) is 1.62. The molecule has 0 amide bonds. The third kappa shape index (κ3) is 2.25. The molecule has 0 spiro atoms. The molecule has 0 aliphatic carbocycles. The molecule has 0 bridgehead atoms. The molecule has 0 saturated heterocycles. The number of carboxylic acids is 1. The third-order valence-electron chi connectivity index (χ3n) is 2.43. The Kier molecular flexibility index (Phi) is 2.78. The Morgan fingerprint density at radius 2 is 1.76 bits per heavy atom. The number of nitrogens with two attached hydrogens (primary N) is 1. The highest BCUT2D eigenvalue weighted by atomic mass is 19.1. The van der Waals surface area contributed by atoms with E-state index in [0.29, 0.717) is 16.8 Å². The highest BCUT2D eigenvalue weighted by Crippen LogP contribution is 2.25. The van der Waals surface area contributed by atoms with Crippen molar-refractivity contribution in [2.75, 3.05) is 5.73 Å². The quantitative estimate of drug-likeness (QED) is 0.781. The smallest absolute Gasteiger partial charge is 0.336 e. The van der Waals surface area contributed by atoms with Crippen LogP contribution in [0.4, 0.5) is 10.1 Å². The second kappa shape index (κ2) is 4.25. The van der Waals surface area contributed by atoms with Crippen LogP contribution in [0.3, 0.4) is 0 Å². The molecule has 0 unspecified atom stereocenters. The zero-order valence-corrected chi connectivity index (χ0v) is 8.85. The van der Waals surface area contributed by atoms with Gasteiger partial charge in [-0.3, -0.25) is 0 Å². The summed E-state index contributed by atoms with van der Waals surface area (Å²) in [4.78, 5) is 11.1. The van der Waals surface area contributed by atoms with E-state index in [4.69, 9.17) is 10.8 Å². The molecule has 0 aliphatic heterocycles. The summed E-state index contributed by atoms with van der Waals surface area (Å²) in [6, 6.07) is 10.3. The molecule has 3 nitrogen and oxygen atoms in total. The highest BCUT2D eigenvalue weighted by Gasteiger charge is 2.11. The van der Waals surface area contributed by atoms with Crippen molar-refractivity contribution in [3.63, 3.8) is 0 Å². The van der Waals surface area contributed by atoms with Crippen molar-refractivity contribution >= 4 is 11.7 Å². The molecule has 2 aromatic rings. The van der Waals surface area contributed by atoms with Gasteiger partial charge in [0.05, 0.1) is 5.56 Å². The average Bonchev–Trinajstić information content (AvgIpc) is 2.30. The second-order valence-corrected chi connectivity index (χ2v) is 3.62. The molecule has 17 heavy (non-hydrogen) atoms. The van der Waals surface area contributed by atoms with Crippen LogP contribution < -0.4 is 5.73 Å². The van der Waals surface area contributed by atoms with E-state index >= 15 is 0 Å². The Hall–Kier alpha value is -2.36.